The molecule has 7 nitrogen and oxygen atoms in total. The number of carbonyl (C=O) groups excluding carboxylic acids is 2. The molecular weight excluding hydrogens is 402 g/mol. The molecule has 0 aliphatic carbocycles. The number of benzene rings is 1. The minimum Gasteiger partial charge on any atom is -0.353 e. The first-order chi connectivity index (χ1) is 15.4. The van der Waals surface area contributed by atoms with Crippen LogP contribution < -0.4 is 5.32 Å². The van der Waals surface area contributed by atoms with Gasteiger partial charge in [-0.3, -0.25) is 19.4 Å². The molecule has 1 aromatic carbocycles. The van der Waals surface area contributed by atoms with Crippen LogP contribution in [0.15, 0.2) is 30.5 Å². The van der Waals surface area contributed by atoms with Crippen molar-refractivity contribution < 1.29 is 9.59 Å². The smallest absolute Gasteiger partial charge is 0.239 e. The Bertz CT molecular complexity index is 966. The number of hydrogen-bond donors (Lipinski definition) is 1. The molecule has 7 heteroatoms. The van der Waals surface area contributed by atoms with E-state index in [0.717, 1.165) is 39.0 Å². The van der Waals surface area contributed by atoms with Gasteiger partial charge in [0.05, 0.1) is 0 Å². The topological polar surface area (TPSA) is 60.8 Å². The summed E-state index contributed by atoms with van der Waals surface area (Å²) in [5, 5.41) is 4.44. The van der Waals surface area contributed by atoms with Crippen molar-refractivity contribution >= 4 is 22.7 Å². The van der Waals surface area contributed by atoms with Crippen LogP contribution in [0.2, 0.25) is 0 Å². The second kappa shape index (κ2) is 9.63. The Balaban J connectivity index is 1.46. The molecule has 2 aromatic rings. The summed E-state index contributed by atoms with van der Waals surface area (Å²) in [6.07, 6.45) is 4.47. The SMILES string of the molecule is CCN(CC)C(=O)CCC1CNC(=O)C2C(CCN2Cc2cn(C)c3ccccc23)N1C. The van der Waals surface area contributed by atoms with Crippen LogP contribution in [0, 0.1) is 0 Å². The van der Waals surface area contributed by atoms with Crippen molar-refractivity contribution in [3.63, 3.8) is 0 Å². The molecule has 174 valence electrons. The number of likely N-dealkylation sites (N-methyl/N-ethyl adjacent to an activating group) is 1. The fourth-order valence-electron chi connectivity index (χ4n) is 5.62. The van der Waals surface area contributed by atoms with Crippen LogP contribution in [0.3, 0.4) is 0 Å². The number of nitrogens with zero attached hydrogens (tertiary/aromatic N) is 4. The van der Waals surface area contributed by atoms with Gasteiger partial charge in [-0.1, -0.05) is 18.2 Å². The van der Waals surface area contributed by atoms with Crippen molar-refractivity contribution in [1.82, 2.24) is 24.6 Å². The Morgan fingerprint density at radius 1 is 1.19 bits per heavy atom. The highest BCUT2D eigenvalue weighted by atomic mass is 16.2. The van der Waals surface area contributed by atoms with Crippen LogP contribution in [0.5, 0.6) is 0 Å². The number of likely N-dealkylation sites (tertiary alicyclic amines) is 1. The second-order valence-electron chi connectivity index (χ2n) is 9.22. The molecule has 4 rings (SSSR count). The van der Waals surface area contributed by atoms with Crippen molar-refractivity contribution in [3.05, 3.63) is 36.0 Å². The Hall–Kier alpha value is -2.38. The molecule has 1 N–H and O–H groups in total. The van der Waals surface area contributed by atoms with E-state index in [9.17, 15) is 9.59 Å². The van der Waals surface area contributed by atoms with Crippen LogP contribution in [0.4, 0.5) is 0 Å². The van der Waals surface area contributed by atoms with Crippen molar-refractivity contribution in [3.8, 4) is 0 Å². The number of para-hydroxylation sites is 1. The van der Waals surface area contributed by atoms with Crippen molar-refractivity contribution in [2.75, 3.05) is 33.2 Å². The van der Waals surface area contributed by atoms with E-state index in [-0.39, 0.29) is 29.9 Å². The van der Waals surface area contributed by atoms with E-state index in [1.807, 2.05) is 18.7 Å². The minimum absolute atomic E-state index is 0.122. The Morgan fingerprint density at radius 3 is 2.69 bits per heavy atom. The first-order valence-corrected chi connectivity index (χ1v) is 12.0. The van der Waals surface area contributed by atoms with Gasteiger partial charge in [0.1, 0.15) is 6.04 Å². The van der Waals surface area contributed by atoms with E-state index < -0.39 is 0 Å². The molecule has 0 saturated carbocycles. The highest BCUT2D eigenvalue weighted by Crippen LogP contribution is 2.30. The van der Waals surface area contributed by atoms with Crippen molar-refractivity contribution in [1.29, 1.82) is 0 Å². The predicted molar refractivity (Wildman–Crippen MR) is 127 cm³/mol. The zero-order chi connectivity index (χ0) is 22.8. The van der Waals surface area contributed by atoms with Gasteiger partial charge >= 0.3 is 0 Å². The van der Waals surface area contributed by atoms with Gasteiger partial charge in [-0.05, 0) is 45.4 Å². The number of aromatic nitrogens is 1. The molecule has 3 heterocycles. The molecule has 0 radical (unpaired) electrons. The largest absolute Gasteiger partial charge is 0.353 e. The summed E-state index contributed by atoms with van der Waals surface area (Å²) in [5.74, 6) is 0.330. The highest BCUT2D eigenvalue weighted by molar-refractivity contribution is 5.85. The molecule has 2 aliphatic heterocycles. The number of hydrogen-bond acceptors (Lipinski definition) is 4. The van der Waals surface area contributed by atoms with Gasteiger partial charge in [0.25, 0.3) is 0 Å². The Kier molecular flexibility index (Phi) is 6.86. The fourth-order valence-corrected chi connectivity index (χ4v) is 5.62. The summed E-state index contributed by atoms with van der Waals surface area (Å²) >= 11 is 0. The maximum Gasteiger partial charge on any atom is 0.239 e. The van der Waals surface area contributed by atoms with Crippen LogP contribution in [-0.2, 0) is 23.2 Å². The maximum atomic E-state index is 13.1. The van der Waals surface area contributed by atoms with Gasteiger partial charge in [-0.2, -0.15) is 0 Å². The number of rotatable bonds is 7. The number of nitrogens with one attached hydrogen (secondary N) is 1. The lowest BCUT2D eigenvalue weighted by Crippen LogP contribution is -2.49. The van der Waals surface area contributed by atoms with E-state index in [1.165, 1.54) is 16.5 Å². The molecule has 0 spiro atoms. The van der Waals surface area contributed by atoms with E-state index in [1.54, 1.807) is 0 Å². The summed E-state index contributed by atoms with van der Waals surface area (Å²) in [5.41, 5.74) is 2.49. The summed E-state index contributed by atoms with van der Waals surface area (Å²) < 4.78 is 2.17. The van der Waals surface area contributed by atoms with E-state index in [0.29, 0.717) is 13.0 Å². The van der Waals surface area contributed by atoms with Gasteiger partial charge in [0, 0.05) is 75.4 Å². The van der Waals surface area contributed by atoms with Gasteiger partial charge < -0.3 is 14.8 Å². The number of aryl methyl sites for hydroxylation is 1. The van der Waals surface area contributed by atoms with Gasteiger partial charge in [0.15, 0.2) is 0 Å². The standard InChI is InChI=1S/C25H37N5O2/c1-5-29(6-2)23(31)12-11-19-15-26-25(32)24-22(28(19)4)13-14-30(24)17-18-16-27(3)21-10-8-7-9-20(18)21/h7-10,16,19,22,24H,5-6,11-15,17H2,1-4H3,(H,26,32). The van der Waals surface area contributed by atoms with Gasteiger partial charge in [-0.25, -0.2) is 0 Å². The van der Waals surface area contributed by atoms with Crippen molar-refractivity contribution in [2.45, 2.75) is 57.8 Å². The van der Waals surface area contributed by atoms with Gasteiger partial charge in [-0.15, -0.1) is 0 Å². The average Bonchev–Trinajstić information content (AvgIpc) is 3.32. The molecule has 32 heavy (non-hydrogen) atoms. The summed E-state index contributed by atoms with van der Waals surface area (Å²) in [6, 6.07) is 8.67. The number of fused-ring (bicyclic) bond motifs is 2. The lowest BCUT2D eigenvalue weighted by Gasteiger charge is -2.33. The van der Waals surface area contributed by atoms with Gasteiger partial charge in [0.2, 0.25) is 11.8 Å². The molecule has 3 atom stereocenters. The molecule has 0 bridgehead atoms. The molecule has 2 saturated heterocycles. The number of amides is 2. The van der Waals surface area contributed by atoms with Crippen LogP contribution >= 0.6 is 0 Å². The summed E-state index contributed by atoms with van der Waals surface area (Å²) in [7, 11) is 4.21. The summed E-state index contributed by atoms with van der Waals surface area (Å²) in [6.45, 7) is 7.83. The van der Waals surface area contributed by atoms with Crippen LogP contribution in [0.1, 0.15) is 38.7 Å². The van der Waals surface area contributed by atoms with E-state index >= 15 is 0 Å². The zero-order valence-corrected chi connectivity index (χ0v) is 19.9. The van der Waals surface area contributed by atoms with E-state index in [4.69, 9.17) is 0 Å². The third kappa shape index (κ3) is 4.28. The monoisotopic (exact) mass is 439 g/mol. The maximum absolute atomic E-state index is 13.1. The molecule has 2 aliphatic rings. The normalized spacial score (nSPS) is 24.4. The predicted octanol–water partition coefficient (Wildman–Crippen LogP) is 2.20. The molecule has 3 unspecified atom stereocenters. The molecule has 1 aromatic heterocycles. The molecular formula is C25H37N5O2. The fraction of sp³-hybridized carbons (Fsp3) is 0.600. The van der Waals surface area contributed by atoms with Crippen LogP contribution in [0.25, 0.3) is 10.9 Å². The average molecular weight is 440 g/mol. The summed E-state index contributed by atoms with van der Waals surface area (Å²) in [4.78, 5) is 32.2. The third-order valence-corrected chi connectivity index (χ3v) is 7.51. The zero-order valence-electron chi connectivity index (χ0n) is 19.9. The third-order valence-electron chi connectivity index (χ3n) is 7.51. The quantitative estimate of drug-likeness (QED) is 0.719. The molecule has 2 fully saturated rings. The van der Waals surface area contributed by atoms with Crippen LogP contribution in [-0.4, -0.2) is 82.4 Å². The lowest BCUT2D eigenvalue weighted by atomic mass is 10.0. The van der Waals surface area contributed by atoms with Crippen molar-refractivity contribution in [2.24, 2.45) is 7.05 Å². The lowest BCUT2D eigenvalue weighted by molar-refractivity contribution is -0.131. The number of carbonyl (C=O) groups is 2. The Morgan fingerprint density at radius 2 is 1.94 bits per heavy atom. The highest BCUT2D eigenvalue weighted by Gasteiger charge is 2.45. The molecule has 2 amide bonds. The first-order valence-electron chi connectivity index (χ1n) is 12.0. The Labute approximate surface area is 191 Å². The van der Waals surface area contributed by atoms with E-state index in [2.05, 4.69) is 64.2 Å². The minimum atomic E-state index is -0.151. The first kappa shape index (κ1) is 22.8. The second-order valence-corrected chi connectivity index (χ2v) is 9.22.